The summed E-state index contributed by atoms with van der Waals surface area (Å²) in [5.41, 5.74) is 3.46. The second kappa shape index (κ2) is 10.4. The summed E-state index contributed by atoms with van der Waals surface area (Å²) in [5, 5.41) is 0. The van der Waals surface area contributed by atoms with Crippen molar-refractivity contribution in [1.82, 2.24) is 0 Å². The molecule has 0 saturated heterocycles. The summed E-state index contributed by atoms with van der Waals surface area (Å²) in [5.74, 6) is 0. The summed E-state index contributed by atoms with van der Waals surface area (Å²) < 4.78 is 5.60. The third-order valence-electron chi connectivity index (χ3n) is 3.69. The molecule has 0 amide bonds. The number of rotatable bonds is 5. The first kappa shape index (κ1) is 21.4. The average Bonchev–Trinajstić information content (AvgIpc) is 2.52. The lowest BCUT2D eigenvalue weighted by Crippen LogP contribution is -2.09. The van der Waals surface area contributed by atoms with Gasteiger partial charge in [-0.1, -0.05) is 102 Å². The lowest BCUT2D eigenvalue weighted by Gasteiger charge is -2.17. The highest BCUT2D eigenvalue weighted by molar-refractivity contribution is 5.15. The van der Waals surface area contributed by atoms with E-state index in [9.17, 15) is 0 Å². The van der Waals surface area contributed by atoms with E-state index < -0.39 is 0 Å². The van der Waals surface area contributed by atoms with Crippen molar-refractivity contribution in [2.45, 2.75) is 61.0 Å². The van der Waals surface area contributed by atoms with E-state index >= 15 is 0 Å². The Bertz CT molecular complexity index is 559. The highest BCUT2D eigenvalue weighted by Gasteiger charge is 2.10. The van der Waals surface area contributed by atoms with Crippen LogP contribution in [-0.4, -0.2) is 6.61 Å². The third kappa shape index (κ3) is 12.4. The van der Waals surface area contributed by atoms with Crippen LogP contribution >= 0.6 is 0 Å². The molecule has 0 spiro atoms. The van der Waals surface area contributed by atoms with Crippen LogP contribution in [0.1, 0.15) is 59.1 Å². The van der Waals surface area contributed by atoms with E-state index in [2.05, 4.69) is 84.0 Å². The molecule has 0 atom stereocenters. The molecular formula is C24H36O. The fourth-order valence-electron chi connectivity index (χ4n) is 2.35. The molecule has 1 heteroatoms. The zero-order chi connectivity index (χ0) is 18.8. The molecule has 25 heavy (non-hydrogen) atoms. The standard InChI is InChI=1S/C13H20O.C11H16/c1-13(2,3)9-10-14-11-12-7-5-4-6-8-12;1-11(2,3)9-10-7-5-4-6-8-10/h4-8H,9-11H2,1-3H3;4-8H,9H2,1-3H3. The van der Waals surface area contributed by atoms with Crippen LogP contribution in [0.15, 0.2) is 60.7 Å². The topological polar surface area (TPSA) is 9.23 Å². The Labute approximate surface area is 155 Å². The molecule has 2 rings (SSSR count). The molecule has 2 aromatic rings. The molecule has 0 aromatic heterocycles. The predicted octanol–water partition coefficient (Wildman–Crippen LogP) is 6.91. The SMILES string of the molecule is CC(C)(C)CCOCc1ccccc1.CC(C)(C)Cc1ccccc1. The Balaban J connectivity index is 0.000000257. The highest BCUT2D eigenvalue weighted by Crippen LogP contribution is 2.20. The van der Waals surface area contributed by atoms with Crippen LogP contribution in [0.4, 0.5) is 0 Å². The normalized spacial score (nSPS) is 11.6. The molecule has 138 valence electrons. The minimum absolute atomic E-state index is 0.372. The van der Waals surface area contributed by atoms with Crippen molar-refractivity contribution in [2.75, 3.05) is 6.61 Å². The van der Waals surface area contributed by atoms with Crippen LogP contribution < -0.4 is 0 Å². The maximum Gasteiger partial charge on any atom is 0.0716 e. The molecule has 0 fully saturated rings. The molecule has 2 aromatic carbocycles. The van der Waals surface area contributed by atoms with Gasteiger partial charge in [0.2, 0.25) is 0 Å². The van der Waals surface area contributed by atoms with Gasteiger partial charge in [0, 0.05) is 6.61 Å². The van der Waals surface area contributed by atoms with E-state index in [0.717, 1.165) is 26.1 Å². The first-order valence-corrected chi connectivity index (χ1v) is 9.31. The minimum Gasteiger partial charge on any atom is -0.377 e. The van der Waals surface area contributed by atoms with E-state index in [1.165, 1.54) is 11.1 Å². The average molecular weight is 341 g/mol. The fourth-order valence-corrected chi connectivity index (χ4v) is 2.35. The van der Waals surface area contributed by atoms with Crippen molar-refractivity contribution in [3.63, 3.8) is 0 Å². The maximum absolute atomic E-state index is 5.60. The molecule has 0 N–H and O–H groups in total. The van der Waals surface area contributed by atoms with Crippen LogP contribution in [0, 0.1) is 10.8 Å². The van der Waals surface area contributed by atoms with Crippen LogP contribution in [0.25, 0.3) is 0 Å². The van der Waals surface area contributed by atoms with Crippen LogP contribution in [0.2, 0.25) is 0 Å². The Morgan fingerprint density at radius 2 is 1.12 bits per heavy atom. The third-order valence-corrected chi connectivity index (χ3v) is 3.69. The molecule has 0 aliphatic rings. The Hall–Kier alpha value is -1.60. The zero-order valence-corrected chi connectivity index (χ0v) is 17.0. The van der Waals surface area contributed by atoms with Gasteiger partial charge in [-0.15, -0.1) is 0 Å². The van der Waals surface area contributed by atoms with Gasteiger partial charge in [-0.3, -0.25) is 0 Å². The Morgan fingerprint density at radius 1 is 0.640 bits per heavy atom. The molecule has 0 saturated carbocycles. The quantitative estimate of drug-likeness (QED) is 0.537. The van der Waals surface area contributed by atoms with Gasteiger partial charge in [0.15, 0.2) is 0 Å². The number of benzene rings is 2. The molecule has 0 radical (unpaired) electrons. The molecule has 0 bridgehead atoms. The Kier molecular flexibility index (Phi) is 8.92. The van der Waals surface area contributed by atoms with Crippen molar-refractivity contribution < 1.29 is 4.74 Å². The molecule has 0 aliphatic heterocycles. The maximum atomic E-state index is 5.60. The molecule has 1 nitrogen and oxygen atoms in total. The van der Waals surface area contributed by atoms with Gasteiger partial charge >= 0.3 is 0 Å². The van der Waals surface area contributed by atoms with Gasteiger partial charge < -0.3 is 4.74 Å². The second-order valence-electron chi connectivity index (χ2n) is 9.07. The summed E-state index contributed by atoms with van der Waals surface area (Å²) in [6, 6.07) is 20.9. The first-order valence-electron chi connectivity index (χ1n) is 9.31. The van der Waals surface area contributed by atoms with Crippen molar-refractivity contribution in [2.24, 2.45) is 10.8 Å². The van der Waals surface area contributed by atoms with E-state index in [1.54, 1.807) is 0 Å². The molecular weight excluding hydrogens is 304 g/mol. The summed E-state index contributed by atoms with van der Waals surface area (Å²) in [7, 11) is 0. The molecule has 0 unspecified atom stereocenters. The van der Waals surface area contributed by atoms with Gasteiger partial charge in [0.05, 0.1) is 6.61 Å². The van der Waals surface area contributed by atoms with E-state index in [-0.39, 0.29) is 0 Å². The number of hydrogen-bond donors (Lipinski definition) is 0. The molecule has 0 heterocycles. The predicted molar refractivity (Wildman–Crippen MR) is 110 cm³/mol. The largest absolute Gasteiger partial charge is 0.377 e. The van der Waals surface area contributed by atoms with Crippen LogP contribution in [-0.2, 0) is 17.8 Å². The van der Waals surface area contributed by atoms with Gasteiger partial charge in [-0.25, -0.2) is 0 Å². The van der Waals surface area contributed by atoms with E-state index in [4.69, 9.17) is 4.74 Å². The van der Waals surface area contributed by atoms with Crippen LogP contribution in [0.3, 0.4) is 0 Å². The summed E-state index contributed by atoms with van der Waals surface area (Å²) in [4.78, 5) is 0. The Morgan fingerprint density at radius 3 is 1.56 bits per heavy atom. The highest BCUT2D eigenvalue weighted by atomic mass is 16.5. The van der Waals surface area contributed by atoms with Crippen LogP contribution in [0.5, 0.6) is 0 Å². The zero-order valence-electron chi connectivity index (χ0n) is 17.0. The monoisotopic (exact) mass is 340 g/mol. The van der Waals surface area contributed by atoms with Crippen molar-refractivity contribution in [1.29, 1.82) is 0 Å². The minimum atomic E-state index is 0.372. The number of ether oxygens (including phenoxy) is 1. The van der Waals surface area contributed by atoms with Crippen molar-refractivity contribution >= 4 is 0 Å². The first-order chi connectivity index (χ1) is 11.7. The lowest BCUT2D eigenvalue weighted by atomic mass is 9.88. The smallest absolute Gasteiger partial charge is 0.0716 e. The summed E-state index contributed by atoms with van der Waals surface area (Å²) >= 11 is 0. The van der Waals surface area contributed by atoms with Crippen molar-refractivity contribution in [3.8, 4) is 0 Å². The van der Waals surface area contributed by atoms with Gasteiger partial charge in [-0.2, -0.15) is 0 Å². The number of hydrogen-bond acceptors (Lipinski definition) is 1. The van der Waals surface area contributed by atoms with E-state index in [1.807, 2.05) is 18.2 Å². The summed E-state index contributed by atoms with van der Waals surface area (Å²) in [6.07, 6.45) is 2.27. The fraction of sp³-hybridized carbons (Fsp3) is 0.500. The second-order valence-corrected chi connectivity index (χ2v) is 9.07. The lowest BCUT2D eigenvalue weighted by molar-refractivity contribution is 0.0962. The molecule has 0 aliphatic carbocycles. The van der Waals surface area contributed by atoms with Crippen molar-refractivity contribution in [3.05, 3.63) is 71.8 Å². The van der Waals surface area contributed by atoms with Gasteiger partial charge in [0.1, 0.15) is 0 Å². The van der Waals surface area contributed by atoms with E-state index in [0.29, 0.717) is 10.8 Å². The van der Waals surface area contributed by atoms with Gasteiger partial charge in [0.25, 0.3) is 0 Å². The van der Waals surface area contributed by atoms with Gasteiger partial charge in [-0.05, 0) is 34.8 Å². The summed E-state index contributed by atoms with van der Waals surface area (Å²) in [6.45, 7) is 15.1.